The second-order valence-corrected chi connectivity index (χ2v) is 5.37. The van der Waals surface area contributed by atoms with Crippen LogP contribution in [-0.4, -0.2) is 31.6 Å². The van der Waals surface area contributed by atoms with Gasteiger partial charge in [-0.1, -0.05) is 6.58 Å². The second kappa shape index (κ2) is 6.20. The molecular weight excluding hydrogens is 284 g/mol. The van der Waals surface area contributed by atoms with Crippen LogP contribution in [-0.2, 0) is 19.6 Å². The molecule has 0 bridgehead atoms. The Morgan fingerprint density at radius 2 is 2.15 bits per heavy atom. The first-order valence-corrected chi connectivity index (χ1v) is 6.88. The molecule has 0 fully saturated rings. The second-order valence-electron chi connectivity index (χ2n) is 3.72. The fourth-order valence-electron chi connectivity index (χ4n) is 1.41. The number of nitrogens with zero attached hydrogens (tertiary/aromatic N) is 1. The van der Waals surface area contributed by atoms with E-state index in [1.54, 1.807) is 0 Å². The van der Waals surface area contributed by atoms with Gasteiger partial charge < -0.3 is 9.84 Å². The maximum atomic E-state index is 12.1. The number of esters is 1. The van der Waals surface area contributed by atoms with E-state index in [2.05, 4.69) is 21.0 Å². The van der Waals surface area contributed by atoms with E-state index in [9.17, 15) is 18.3 Å². The van der Waals surface area contributed by atoms with Crippen LogP contribution in [0.5, 0.6) is 5.75 Å². The van der Waals surface area contributed by atoms with Crippen LogP contribution in [0.3, 0.4) is 0 Å². The van der Waals surface area contributed by atoms with E-state index in [-0.39, 0.29) is 21.9 Å². The summed E-state index contributed by atoms with van der Waals surface area (Å²) in [7, 11) is -2.89. The van der Waals surface area contributed by atoms with Gasteiger partial charge in [-0.05, 0) is 13.0 Å². The van der Waals surface area contributed by atoms with Gasteiger partial charge in [-0.2, -0.15) is 0 Å². The number of nitrogens with one attached hydrogen (secondary N) is 1. The number of methoxy groups -OCH3 is 1. The summed E-state index contributed by atoms with van der Waals surface area (Å²) < 4.78 is 30.9. The number of rotatable bonds is 5. The SMILES string of the molecule is C=C/C(=C(\C)C(=O)OC)S(=O)(=O)Nc1cncc(O)c1. The van der Waals surface area contributed by atoms with E-state index in [4.69, 9.17) is 0 Å². The topological polar surface area (TPSA) is 106 Å². The van der Waals surface area contributed by atoms with Gasteiger partial charge in [-0.3, -0.25) is 9.71 Å². The van der Waals surface area contributed by atoms with Crippen molar-refractivity contribution in [1.82, 2.24) is 4.98 Å². The molecule has 0 saturated carbocycles. The first kappa shape index (κ1) is 15.7. The summed E-state index contributed by atoms with van der Waals surface area (Å²) in [5.74, 6) is -0.974. The molecule has 0 amide bonds. The predicted molar refractivity (Wildman–Crippen MR) is 73.4 cm³/mol. The zero-order chi connectivity index (χ0) is 15.3. The Bertz CT molecular complexity index is 664. The Morgan fingerprint density at radius 1 is 1.50 bits per heavy atom. The van der Waals surface area contributed by atoms with E-state index in [1.807, 2.05) is 0 Å². The van der Waals surface area contributed by atoms with Crippen molar-refractivity contribution in [3.05, 3.63) is 41.6 Å². The number of aromatic nitrogens is 1. The third-order valence-corrected chi connectivity index (χ3v) is 3.87. The molecule has 0 aliphatic carbocycles. The lowest BCUT2D eigenvalue weighted by Gasteiger charge is -2.10. The van der Waals surface area contributed by atoms with Gasteiger partial charge in [-0.25, -0.2) is 13.2 Å². The van der Waals surface area contributed by atoms with Gasteiger partial charge in [0.2, 0.25) is 0 Å². The van der Waals surface area contributed by atoms with Crippen molar-refractivity contribution in [2.24, 2.45) is 0 Å². The molecule has 0 aliphatic heterocycles. The lowest BCUT2D eigenvalue weighted by molar-refractivity contribution is -0.136. The Morgan fingerprint density at radius 3 is 2.65 bits per heavy atom. The molecule has 0 saturated heterocycles. The van der Waals surface area contributed by atoms with Crippen molar-refractivity contribution >= 4 is 21.7 Å². The minimum absolute atomic E-state index is 0.0574. The van der Waals surface area contributed by atoms with Crippen LogP contribution in [0.2, 0.25) is 0 Å². The van der Waals surface area contributed by atoms with Crippen molar-refractivity contribution in [1.29, 1.82) is 0 Å². The number of pyridine rings is 1. The normalized spacial score (nSPS) is 12.3. The molecular formula is C12H14N2O5S. The summed E-state index contributed by atoms with van der Waals surface area (Å²) in [5.41, 5.74) is -0.0508. The molecule has 108 valence electrons. The van der Waals surface area contributed by atoms with Crippen molar-refractivity contribution in [3.8, 4) is 5.75 Å². The molecule has 0 atom stereocenters. The van der Waals surface area contributed by atoms with E-state index in [0.717, 1.165) is 19.4 Å². The van der Waals surface area contributed by atoms with Gasteiger partial charge in [0.15, 0.2) is 0 Å². The molecule has 0 aromatic carbocycles. The molecule has 8 heteroatoms. The van der Waals surface area contributed by atoms with E-state index in [0.29, 0.717) is 0 Å². The Balaban J connectivity index is 3.21. The first-order valence-electron chi connectivity index (χ1n) is 5.40. The van der Waals surface area contributed by atoms with Gasteiger partial charge in [-0.15, -0.1) is 0 Å². The standard InChI is InChI=1S/C12H14N2O5S/c1-4-11(8(2)12(16)19-3)20(17,18)14-9-5-10(15)7-13-6-9/h4-7,14-15H,1H2,2-3H3/b11-8-. The summed E-state index contributed by atoms with van der Waals surface area (Å²) in [4.78, 5) is 14.7. The molecule has 0 unspecified atom stereocenters. The largest absolute Gasteiger partial charge is 0.506 e. The number of carbonyl (C=O) groups is 1. The number of sulfonamides is 1. The average Bonchev–Trinajstić information content (AvgIpc) is 2.37. The van der Waals surface area contributed by atoms with Crippen LogP contribution < -0.4 is 4.72 Å². The maximum absolute atomic E-state index is 12.1. The Kier molecular flexibility index (Phi) is 4.87. The monoisotopic (exact) mass is 298 g/mol. The van der Waals surface area contributed by atoms with Crippen LogP contribution in [0.15, 0.2) is 41.6 Å². The number of carbonyl (C=O) groups excluding carboxylic acids is 1. The van der Waals surface area contributed by atoms with Crippen LogP contribution in [0.1, 0.15) is 6.92 Å². The van der Waals surface area contributed by atoms with Gasteiger partial charge >= 0.3 is 5.97 Å². The zero-order valence-corrected chi connectivity index (χ0v) is 11.8. The molecule has 1 heterocycles. The Labute approximate surface area is 116 Å². The third-order valence-electron chi connectivity index (χ3n) is 2.31. The predicted octanol–water partition coefficient (Wildman–Crippen LogP) is 1.16. The summed E-state index contributed by atoms with van der Waals surface area (Å²) >= 11 is 0. The molecule has 2 N–H and O–H groups in total. The highest BCUT2D eigenvalue weighted by atomic mass is 32.2. The molecule has 7 nitrogen and oxygen atoms in total. The maximum Gasteiger partial charge on any atom is 0.334 e. The number of aromatic hydroxyl groups is 1. The van der Waals surface area contributed by atoms with Gasteiger partial charge in [0, 0.05) is 6.07 Å². The van der Waals surface area contributed by atoms with E-state index in [1.165, 1.54) is 19.2 Å². The van der Waals surface area contributed by atoms with Crippen molar-refractivity contribution in [2.45, 2.75) is 6.92 Å². The summed E-state index contributed by atoms with van der Waals surface area (Å²) in [6, 6.07) is 1.18. The van der Waals surface area contributed by atoms with Crippen molar-refractivity contribution in [2.75, 3.05) is 11.8 Å². The van der Waals surface area contributed by atoms with Crippen LogP contribution in [0.25, 0.3) is 0 Å². The van der Waals surface area contributed by atoms with Crippen LogP contribution in [0.4, 0.5) is 5.69 Å². The molecule has 0 radical (unpaired) electrons. The highest BCUT2D eigenvalue weighted by molar-refractivity contribution is 7.96. The number of ether oxygens (including phenoxy) is 1. The minimum Gasteiger partial charge on any atom is -0.506 e. The number of anilines is 1. The molecule has 1 aromatic heterocycles. The van der Waals surface area contributed by atoms with Gasteiger partial charge in [0.05, 0.1) is 35.7 Å². The number of hydrogen-bond acceptors (Lipinski definition) is 6. The molecule has 1 aromatic rings. The van der Waals surface area contributed by atoms with Crippen LogP contribution in [0, 0.1) is 0 Å². The lowest BCUT2D eigenvalue weighted by Crippen LogP contribution is -2.18. The molecule has 0 spiro atoms. The smallest absolute Gasteiger partial charge is 0.334 e. The van der Waals surface area contributed by atoms with Crippen molar-refractivity contribution in [3.63, 3.8) is 0 Å². The molecule has 0 aliphatic rings. The van der Waals surface area contributed by atoms with Crippen molar-refractivity contribution < 1.29 is 23.1 Å². The summed E-state index contributed by atoms with van der Waals surface area (Å²) in [6.45, 7) is 4.68. The van der Waals surface area contributed by atoms with Crippen LogP contribution >= 0.6 is 0 Å². The fourth-order valence-corrected chi connectivity index (χ4v) is 2.65. The van der Waals surface area contributed by atoms with Gasteiger partial charge in [0.1, 0.15) is 5.75 Å². The van der Waals surface area contributed by atoms with Gasteiger partial charge in [0.25, 0.3) is 10.0 Å². The number of allylic oxidation sites excluding steroid dienone is 1. The fraction of sp³-hybridized carbons (Fsp3) is 0.167. The summed E-state index contributed by atoms with van der Waals surface area (Å²) in [6.07, 6.45) is 3.40. The van der Waals surface area contributed by atoms with E-state index < -0.39 is 16.0 Å². The third kappa shape index (κ3) is 3.58. The number of hydrogen-bond donors (Lipinski definition) is 2. The average molecular weight is 298 g/mol. The minimum atomic E-state index is -4.04. The summed E-state index contributed by atoms with van der Waals surface area (Å²) in [5, 5.41) is 9.24. The molecule has 1 rings (SSSR count). The first-order chi connectivity index (χ1) is 9.31. The lowest BCUT2D eigenvalue weighted by atomic mass is 10.3. The zero-order valence-electron chi connectivity index (χ0n) is 11.0. The Hall–Kier alpha value is -2.35. The molecule has 20 heavy (non-hydrogen) atoms. The quantitative estimate of drug-likeness (QED) is 0.480. The van der Waals surface area contributed by atoms with E-state index >= 15 is 0 Å². The highest BCUT2D eigenvalue weighted by Gasteiger charge is 2.21. The highest BCUT2D eigenvalue weighted by Crippen LogP contribution is 2.20.